The van der Waals surface area contributed by atoms with E-state index in [-0.39, 0.29) is 5.56 Å². The zero-order valence-electron chi connectivity index (χ0n) is 13.7. The Bertz CT molecular complexity index is 729. The third kappa shape index (κ3) is 6.18. The van der Waals surface area contributed by atoms with Gasteiger partial charge in [-0.2, -0.15) is 21.6 Å². The van der Waals surface area contributed by atoms with Crippen molar-refractivity contribution in [3.63, 3.8) is 0 Å². The van der Waals surface area contributed by atoms with Crippen molar-refractivity contribution in [2.45, 2.75) is 38.5 Å². The Kier molecular flexibility index (Phi) is 6.09. The molecule has 0 heterocycles. The first-order chi connectivity index (χ1) is 11.1. The predicted octanol–water partition coefficient (Wildman–Crippen LogP) is 2.75. The zero-order chi connectivity index (χ0) is 19.6. The number of hydrogen-bond acceptors (Lipinski definition) is 4. The maximum absolute atomic E-state index is 12.9. The number of hydrogen-bond donors (Lipinski definition) is 2. The molecule has 142 valence electrons. The third-order valence-electron chi connectivity index (χ3n) is 3.23. The van der Waals surface area contributed by atoms with Crippen LogP contribution in [0.5, 0.6) is 0 Å². The standard InChI is InChI=1S/C14H19F3N2O5S/c1-13(2,3)19(12(20)21)11(8-24-25(18,22)23)9-5-4-6-10(7-9)14(15,16)17/h4-7,11H,8H2,1-3H3,(H,20,21)(H2,18,22,23). The third-order valence-corrected chi connectivity index (χ3v) is 3.69. The van der Waals surface area contributed by atoms with Crippen LogP contribution in [-0.4, -0.2) is 36.7 Å². The molecule has 0 aliphatic heterocycles. The summed E-state index contributed by atoms with van der Waals surface area (Å²) in [6.07, 6.45) is -6.09. The topological polar surface area (TPSA) is 110 Å². The molecule has 0 saturated carbocycles. The van der Waals surface area contributed by atoms with E-state index in [1.54, 1.807) is 0 Å². The lowest BCUT2D eigenvalue weighted by molar-refractivity contribution is -0.137. The highest BCUT2D eigenvalue weighted by Gasteiger charge is 2.37. The molecular formula is C14H19F3N2O5S. The number of nitrogens with two attached hydrogens (primary N) is 1. The monoisotopic (exact) mass is 384 g/mol. The fraction of sp³-hybridized carbons (Fsp3) is 0.500. The zero-order valence-corrected chi connectivity index (χ0v) is 14.6. The van der Waals surface area contributed by atoms with Gasteiger partial charge < -0.3 is 5.11 Å². The quantitative estimate of drug-likeness (QED) is 0.811. The number of carbonyl (C=O) groups is 1. The molecule has 1 aromatic carbocycles. The van der Waals surface area contributed by atoms with Gasteiger partial charge in [-0.25, -0.2) is 9.93 Å². The van der Waals surface area contributed by atoms with E-state index in [0.717, 1.165) is 23.1 Å². The van der Waals surface area contributed by atoms with Crippen molar-refractivity contribution in [3.8, 4) is 0 Å². The molecule has 0 aliphatic carbocycles. The molecule has 1 unspecified atom stereocenters. The lowest BCUT2D eigenvalue weighted by Crippen LogP contribution is -2.48. The van der Waals surface area contributed by atoms with E-state index in [2.05, 4.69) is 4.18 Å². The summed E-state index contributed by atoms with van der Waals surface area (Å²) < 4.78 is 65.3. The van der Waals surface area contributed by atoms with E-state index < -0.39 is 46.3 Å². The minimum absolute atomic E-state index is 0.0733. The van der Waals surface area contributed by atoms with Gasteiger partial charge in [0.05, 0.1) is 18.2 Å². The summed E-state index contributed by atoms with van der Waals surface area (Å²) in [7, 11) is -4.41. The van der Waals surface area contributed by atoms with E-state index >= 15 is 0 Å². The Morgan fingerprint density at radius 3 is 2.28 bits per heavy atom. The molecule has 0 bridgehead atoms. The van der Waals surface area contributed by atoms with E-state index in [4.69, 9.17) is 5.14 Å². The number of halogens is 3. The number of nitrogens with zero attached hydrogens (tertiary/aromatic N) is 1. The molecule has 0 fully saturated rings. The Labute approximate surface area is 143 Å². The van der Waals surface area contributed by atoms with Gasteiger partial charge in [0.15, 0.2) is 0 Å². The summed E-state index contributed by atoms with van der Waals surface area (Å²) in [5, 5.41) is 14.2. The highest BCUT2D eigenvalue weighted by Crippen LogP contribution is 2.34. The van der Waals surface area contributed by atoms with Crippen LogP contribution in [0.2, 0.25) is 0 Å². The van der Waals surface area contributed by atoms with Crippen LogP contribution in [0.15, 0.2) is 24.3 Å². The van der Waals surface area contributed by atoms with E-state index in [9.17, 15) is 31.5 Å². The molecule has 7 nitrogen and oxygen atoms in total. The van der Waals surface area contributed by atoms with Crippen molar-refractivity contribution in [1.29, 1.82) is 0 Å². The molecule has 1 amide bonds. The number of carboxylic acid groups (broad SMARTS) is 1. The fourth-order valence-corrected chi connectivity index (χ4v) is 2.61. The average molecular weight is 384 g/mol. The van der Waals surface area contributed by atoms with Crippen molar-refractivity contribution in [3.05, 3.63) is 35.4 Å². The van der Waals surface area contributed by atoms with Gasteiger partial charge in [0.1, 0.15) is 0 Å². The van der Waals surface area contributed by atoms with Crippen LogP contribution in [0.1, 0.15) is 37.9 Å². The number of benzene rings is 1. The molecule has 1 rings (SSSR count). The van der Waals surface area contributed by atoms with Crippen LogP contribution in [0, 0.1) is 0 Å². The SMILES string of the molecule is CC(C)(C)N(C(=O)O)C(COS(N)(=O)=O)c1cccc(C(F)(F)F)c1. The fourth-order valence-electron chi connectivity index (χ4n) is 2.29. The highest BCUT2D eigenvalue weighted by atomic mass is 32.2. The summed E-state index contributed by atoms with van der Waals surface area (Å²) in [5.41, 5.74) is -2.12. The van der Waals surface area contributed by atoms with Crippen LogP contribution in [-0.2, 0) is 20.7 Å². The first kappa shape index (κ1) is 21.2. The van der Waals surface area contributed by atoms with Crippen molar-refractivity contribution in [1.82, 2.24) is 4.90 Å². The maximum atomic E-state index is 12.9. The second-order valence-corrected chi connectivity index (χ2v) is 7.46. The van der Waals surface area contributed by atoms with Crippen LogP contribution in [0.4, 0.5) is 18.0 Å². The van der Waals surface area contributed by atoms with Gasteiger partial charge in [-0.1, -0.05) is 12.1 Å². The van der Waals surface area contributed by atoms with Gasteiger partial charge in [-0.05, 0) is 38.5 Å². The van der Waals surface area contributed by atoms with E-state index in [1.807, 2.05) is 0 Å². The lowest BCUT2D eigenvalue weighted by Gasteiger charge is -2.39. The Morgan fingerprint density at radius 2 is 1.88 bits per heavy atom. The normalized spacial score (nSPS) is 14.2. The molecule has 0 aliphatic rings. The van der Waals surface area contributed by atoms with Gasteiger partial charge in [0.25, 0.3) is 0 Å². The van der Waals surface area contributed by atoms with Gasteiger partial charge in [-0.15, -0.1) is 0 Å². The van der Waals surface area contributed by atoms with Crippen molar-refractivity contribution < 1.29 is 35.7 Å². The summed E-state index contributed by atoms with van der Waals surface area (Å²) in [6.45, 7) is 3.78. The van der Waals surface area contributed by atoms with Crippen LogP contribution in [0.25, 0.3) is 0 Å². The lowest BCUT2D eigenvalue weighted by atomic mass is 9.97. The van der Waals surface area contributed by atoms with Crippen molar-refractivity contribution >= 4 is 16.4 Å². The second kappa shape index (κ2) is 7.18. The highest BCUT2D eigenvalue weighted by molar-refractivity contribution is 7.84. The first-order valence-corrected chi connectivity index (χ1v) is 8.46. The molecule has 0 spiro atoms. The summed E-state index contributed by atoms with van der Waals surface area (Å²) in [4.78, 5) is 12.4. The summed E-state index contributed by atoms with van der Waals surface area (Å²) >= 11 is 0. The van der Waals surface area contributed by atoms with Crippen LogP contribution in [0.3, 0.4) is 0 Å². The van der Waals surface area contributed by atoms with Crippen molar-refractivity contribution in [2.75, 3.05) is 6.61 Å². The predicted molar refractivity (Wildman–Crippen MR) is 82.9 cm³/mol. The van der Waals surface area contributed by atoms with Gasteiger partial charge in [0, 0.05) is 5.54 Å². The van der Waals surface area contributed by atoms with Crippen LogP contribution < -0.4 is 5.14 Å². The Balaban J connectivity index is 3.43. The molecular weight excluding hydrogens is 365 g/mol. The minimum Gasteiger partial charge on any atom is -0.465 e. The molecule has 3 N–H and O–H groups in total. The Morgan fingerprint density at radius 1 is 1.32 bits per heavy atom. The van der Waals surface area contributed by atoms with Gasteiger partial charge >= 0.3 is 22.6 Å². The molecule has 0 aromatic heterocycles. The first-order valence-electron chi connectivity index (χ1n) is 6.99. The van der Waals surface area contributed by atoms with E-state index in [1.165, 1.54) is 26.8 Å². The largest absolute Gasteiger partial charge is 0.465 e. The number of alkyl halides is 3. The molecule has 1 aromatic rings. The molecule has 11 heteroatoms. The summed E-state index contributed by atoms with van der Waals surface area (Å²) in [5.74, 6) is 0. The molecule has 1 atom stereocenters. The smallest absolute Gasteiger partial charge is 0.416 e. The molecule has 0 radical (unpaired) electrons. The average Bonchev–Trinajstić information content (AvgIpc) is 2.39. The van der Waals surface area contributed by atoms with Gasteiger partial charge in [-0.3, -0.25) is 9.08 Å². The number of rotatable bonds is 5. The minimum atomic E-state index is -4.64. The van der Waals surface area contributed by atoms with Crippen molar-refractivity contribution in [2.24, 2.45) is 5.14 Å². The number of amides is 1. The summed E-state index contributed by atoms with van der Waals surface area (Å²) in [6, 6.07) is 2.61. The molecule has 0 saturated heterocycles. The second-order valence-electron chi connectivity index (χ2n) is 6.24. The van der Waals surface area contributed by atoms with E-state index in [0.29, 0.717) is 0 Å². The van der Waals surface area contributed by atoms with Crippen LogP contribution >= 0.6 is 0 Å². The maximum Gasteiger partial charge on any atom is 0.416 e. The molecule has 25 heavy (non-hydrogen) atoms. The van der Waals surface area contributed by atoms with Gasteiger partial charge in [0.2, 0.25) is 0 Å². The Hall–Kier alpha value is -1.85.